The summed E-state index contributed by atoms with van der Waals surface area (Å²) in [4.78, 5) is 23.1. The van der Waals surface area contributed by atoms with Crippen LogP contribution in [0.3, 0.4) is 0 Å². The Morgan fingerprint density at radius 3 is 2.30 bits per heavy atom. The van der Waals surface area contributed by atoms with Crippen molar-refractivity contribution in [2.24, 2.45) is 5.73 Å². The van der Waals surface area contributed by atoms with Gasteiger partial charge in [-0.25, -0.2) is 0 Å². The van der Waals surface area contributed by atoms with E-state index in [1.165, 1.54) is 0 Å². The molecule has 0 spiro atoms. The molecule has 0 saturated heterocycles. The molecule has 1 amide bonds. The molecule has 1 aliphatic carbocycles. The maximum Gasteiger partial charge on any atom is 0.313 e. The van der Waals surface area contributed by atoms with Gasteiger partial charge in [0.1, 0.15) is 0 Å². The third-order valence-corrected chi connectivity index (χ3v) is 3.90. The lowest BCUT2D eigenvalue weighted by Crippen LogP contribution is -2.39. The Morgan fingerprint density at radius 2 is 1.85 bits per heavy atom. The van der Waals surface area contributed by atoms with Crippen LogP contribution in [0.5, 0.6) is 0 Å². The molecule has 1 aliphatic rings. The van der Waals surface area contributed by atoms with Crippen molar-refractivity contribution in [1.29, 1.82) is 0 Å². The number of benzene rings is 1. The second-order valence-electron chi connectivity index (χ2n) is 6.05. The van der Waals surface area contributed by atoms with Gasteiger partial charge in [0.2, 0.25) is 0 Å². The Bertz CT molecular complexity index is 531. The van der Waals surface area contributed by atoms with Gasteiger partial charge >= 0.3 is 5.97 Å². The highest BCUT2D eigenvalue weighted by atomic mass is 16.4. The lowest BCUT2D eigenvalue weighted by molar-refractivity contribution is -0.142. The van der Waals surface area contributed by atoms with Crippen molar-refractivity contribution >= 4 is 11.9 Å². The van der Waals surface area contributed by atoms with Crippen LogP contribution in [-0.2, 0) is 10.2 Å². The molecule has 0 bridgehead atoms. The fourth-order valence-electron chi connectivity index (χ4n) is 1.86. The van der Waals surface area contributed by atoms with Crippen molar-refractivity contribution < 1.29 is 14.7 Å². The van der Waals surface area contributed by atoms with E-state index in [2.05, 4.69) is 5.32 Å². The van der Waals surface area contributed by atoms with Crippen LogP contribution in [0.25, 0.3) is 0 Å². The van der Waals surface area contributed by atoms with Crippen LogP contribution in [0.2, 0.25) is 0 Å². The van der Waals surface area contributed by atoms with E-state index in [4.69, 9.17) is 10.8 Å². The van der Waals surface area contributed by atoms with Gasteiger partial charge in [-0.2, -0.15) is 0 Å². The van der Waals surface area contributed by atoms with Gasteiger partial charge in [-0.1, -0.05) is 12.1 Å². The van der Waals surface area contributed by atoms with Crippen LogP contribution in [-0.4, -0.2) is 29.1 Å². The Balaban J connectivity index is 2.04. The largest absolute Gasteiger partial charge is 0.481 e. The minimum Gasteiger partial charge on any atom is -0.481 e. The molecule has 5 heteroatoms. The Kier molecular flexibility index (Phi) is 3.56. The first-order chi connectivity index (χ1) is 9.24. The maximum absolute atomic E-state index is 11.9. The molecule has 1 saturated carbocycles. The van der Waals surface area contributed by atoms with Gasteiger partial charge in [0.25, 0.3) is 5.91 Å². The van der Waals surface area contributed by atoms with Crippen LogP contribution < -0.4 is 11.1 Å². The second-order valence-corrected chi connectivity index (χ2v) is 6.05. The number of nitrogens with one attached hydrogen (secondary N) is 1. The molecule has 0 aromatic heterocycles. The minimum atomic E-state index is -0.968. The number of carboxylic acid groups (broad SMARTS) is 1. The van der Waals surface area contributed by atoms with E-state index in [-0.39, 0.29) is 11.4 Å². The summed E-state index contributed by atoms with van der Waals surface area (Å²) in [6, 6.07) is 6.65. The zero-order chi connectivity index (χ0) is 15.0. The van der Waals surface area contributed by atoms with E-state index >= 15 is 0 Å². The summed E-state index contributed by atoms with van der Waals surface area (Å²) in [5.74, 6) is -1.07. The van der Waals surface area contributed by atoms with Crippen LogP contribution in [0, 0.1) is 0 Å². The molecule has 4 N–H and O–H groups in total. The molecule has 1 aromatic rings. The maximum atomic E-state index is 11.9. The number of aliphatic carboxylic acids is 1. The Hall–Kier alpha value is -1.88. The highest BCUT2D eigenvalue weighted by molar-refractivity contribution is 5.94. The predicted octanol–water partition coefficient (Wildman–Crippen LogP) is 1.27. The molecule has 0 radical (unpaired) electrons. The smallest absolute Gasteiger partial charge is 0.313 e. The molecular weight excluding hydrogens is 256 g/mol. The second kappa shape index (κ2) is 4.90. The number of carbonyl (C=O) groups is 2. The first-order valence-corrected chi connectivity index (χ1v) is 6.66. The highest BCUT2D eigenvalue weighted by Gasteiger charge is 2.38. The first kappa shape index (κ1) is 14.5. The summed E-state index contributed by atoms with van der Waals surface area (Å²) in [6.07, 6.45) is 1.89. The number of carbonyl (C=O) groups excluding carboxylic acids is 1. The summed E-state index contributed by atoms with van der Waals surface area (Å²) >= 11 is 0. The van der Waals surface area contributed by atoms with Gasteiger partial charge in [0.05, 0.1) is 5.41 Å². The average Bonchev–Trinajstić information content (AvgIpc) is 3.14. The van der Waals surface area contributed by atoms with Crippen molar-refractivity contribution in [1.82, 2.24) is 5.32 Å². The summed E-state index contributed by atoms with van der Waals surface area (Å²) in [7, 11) is 0. The highest BCUT2D eigenvalue weighted by Crippen LogP contribution is 2.31. The first-order valence-electron chi connectivity index (χ1n) is 6.66. The van der Waals surface area contributed by atoms with Crippen molar-refractivity contribution in [2.75, 3.05) is 6.54 Å². The summed E-state index contributed by atoms with van der Waals surface area (Å²) < 4.78 is 0. The fourth-order valence-corrected chi connectivity index (χ4v) is 1.86. The fraction of sp³-hybridized carbons (Fsp3) is 0.467. The van der Waals surface area contributed by atoms with Crippen molar-refractivity contribution in [2.45, 2.75) is 37.6 Å². The number of rotatable bonds is 5. The van der Waals surface area contributed by atoms with E-state index in [1.54, 1.807) is 38.1 Å². The Morgan fingerprint density at radius 1 is 1.30 bits per heavy atom. The SMILES string of the molecule is CC(C)(C(=O)O)c1ccc(C(=O)NCC2(N)CC2)cc1. The summed E-state index contributed by atoms with van der Waals surface area (Å²) in [6.45, 7) is 3.75. The molecule has 5 nitrogen and oxygen atoms in total. The number of hydrogen-bond donors (Lipinski definition) is 3. The van der Waals surface area contributed by atoms with Crippen LogP contribution in [0.4, 0.5) is 0 Å². The monoisotopic (exact) mass is 276 g/mol. The van der Waals surface area contributed by atoms with Crippen LogP contribution in [0.15, 0.2) is 24.3 Å². The van der Waals surface area contributed by atoms with Gasteiger partial charge < -0.3 is 16.2 Å². The lowest BCUT2D eigenvalue weighted by Gasteiger charge is -2.19. The predicted molar refractivity (Wildman–Crippen MR) is 75.6 cm³/mol. The van der Waals surface area contributed by atoms with Gasteiger partial charge in [-0.15, -0.1) is 0 Å². The van der Waals surface area contributed by atoms with Crippen molar-refractivity contribution in [3.63, 3.8) is 0 Å². The van der Waals surface area contributed by atoms with E-state index < -0.39 is 11.4 Å². The van der Waals surface area contributed by atoms with E-state index in [0.717, 1.165) is 12.8 Å². The third-order valence-electron chi connectivity index (χ3n) is 3.90. The van der Waals surface area contributed by atoms with Crippen LogP contribution >= 0.6 is 0 Å². The molecule has 108 valence electrons. The molecule has 0 atom stereocenters. The molecule has 1 aromatic carbocycles. The van der Waals surface area contributed by atoms with Gasteiger partial charge in [-0.3, -0.25) is 9.59 Å². The Labute approximate surface area is 118 Å². The standard InChI is InChI=1S/C15H20N2O3/c1-14(2,13(19)20)11-5-3-10(4-6-11)12(18)17-9-15(16)7-8-15/h3-6H,7-9,16H2,1-2H3,(H,17,18)(H,19,20). The van der Waals surface area contributed by atoms with Crippen molar-refractivity contribution in [3.8, 4) is 0 Å². The molecular formula is C15H20N2O3. The average molecular weight is 276 g/mol. The van der Waals surface area contributed by atoms with Crippen LogP contribution in [0.1, 0.15) is 42.6 Å². The van der Waals surface area contributed by atoms with Gasteiger partial charge in [0.15, 0.2) is 0 Å². The molecule has 0 aliphatic heterocycles. The summed E-state index contributed by atoms with van der Waals surface area (Å²) in [5.41, 5.74) is 5.90. The van der Waals surface area contributed by atoms with Crippen molar-refractivity contribution in [3.05, 3.63) is 35.4 Å². The zero-order valence-corrected chi connectivity index (χ0v) is 11.8. The summed E-state index contributed by atoms with van der Waals surface area (Å²) in [5, 5.41) is 12.0. The van der Waals surface area contributed by atoms with E-state index in [1.807, 2.05) is 0 Å². The third kappa shape index (κ3) is 2.99. The molecule has 2 rings (SSSR count). The number of carboxylic acids is 1. The molecule has 1 fully saturated rings. The zero-order valence-electron chi connectivity index (χ0n) is 11.8. The molecule has 0 unspecified atom stereocenters. The molecule has 20 heavy (non-hydrogen) atoms. The number of nitrogens with two attached hydrogens (primary N) is 1. The number of amides is 1. The van der Waals surface area contributed by atoms with E-state index in [0.29, 0.717) is 17.7 Å². The van der Waals surface area contributed by atoms with Gasteiger partial charge in [0, 0.05) is 17.6 Å². The quantitative estimate of drug-likeness (QED) is 0.755. The van der Waals surface area contributed by atoms with E-state index in [9.17, 15) is 9.59 Å². The topological polar surface area (TPSA) is 92.4 Å². The minimum absolute atomic E-state index is 0.179. The number of hydrogen-bond acceptors (Lipinski definition) is 3. The lowest BCUT2D eigenvalue weighted by atomic mass is 9.84. The van der Waals surface area contributed by atoms with Gasteiger partial charge in [-0.05, 0) is 44.4 Å². The normalized spacial score (nSPS) is 16.6. The molecule has 0 heterocycles.